The van der Waals surface area contributed by atoms with Gasteiger partial charge in [0.2, 0.25) is 18.6 Å². The first-order valence-corrected chi connectivity index (χ1v) is 10.4. The van der Waals surface area contributed by atoms with Crippen molar-refractivity contribution in [3.8, 4) is 17.2 Å². The summed E-state index contributed by atoms with van der Waals surface area (Å²) in [5, 5.41) is 12.2. The van der Waals surface area contributed by atoms with Crippen LogP contribution in [0.3, 0.4) is 0 Å². The van der Waals surface area contributed by atoms with Crippen LogP contribution < -0.4 is 14.8 Å². The molecule has 1 saturated heterocycles. The Labute approximate surface area is 185 Å². The maximum Gasteiger partial charge on any atom is 0.238 e. The minimum absolute atomic E-state index is 0.0197. The molecule has 0 spiro atoms. The number of rotatable bonds is 6. The van der Waals surface area contributed by atoms with E-state index in [1.54, 1.807) is 41.3 Å². The van der Waals surface area contributed by atoms with Crippen molar-refractivity contribution < 1.29 is 29.0 Å². The summed E-state index contributed by atoms with van der Waals surface area (Å²) in [5.74, 6) is 0.748. The van der Waals surface area contributed by atoms with E-state index in [1.807, 2.05) is 4.90 Å². The zero-order chi connectivity index (χ0) is 22.7. The number of carbonyl (C=O) groups is 3. The summed E-state index contributed by atoms with van der Waals surface area (Å²) >= 11 is 0. The Hall–Kier alpha value is -3.59. The van der Waals surface area contributed by atoms with Crippen LogP contribution in [0.5, 0.6) is 17.2 Å². The average molecular weight is 439 g/mol. The standard InChI is InChI=1S/C23H25N3O6/c1-15(27)18-11-20-21(32-14-31-20)12-19(18)24-22(29)13-25-6-8-26(9-7-25)23(30)10-16-2-4-17(28)5-3-16/h2-5,11-12,28H,6-10,13-14H2,1H3,(H,24,29). The molecule has 4 rings (SSSR count). The molecule has 2 N–H and O–H groups in total. The van der Waals surface area contributed by atoms with Crippen molar-refractivity contribution in [2.24, 2.45) is 0 Å². The highest BCUT2D eigenvalue weighted by atomic mass is 16.7. The van der Waals surface area contributed by atoms with Gasteiger partial charge in [-0.3, -0.25) is 19.3 Å². The first-order chi connectivity index (χ1) is 15.4. The number of fused-ring (bicyclic) bond motifs is 1. The highest BCUT2D eigenvalue weighted by molar-refractivity contribution is 6.05. The van der Waals surface area contributed by atoms with Gasteiger partial charge in [-0.05, 0) is 30.7 Å². The number of hydrogen-bond donors (Lipinski definition) is 2. The molecule has 0 bridgehead atoms. The number of anilines is 1. The maximum atomic E-state index is 12.6. The predicted molar refractivity (Wildman–Crippen MR) is 116 cm³/mol. The summed E-state index contributed by atoms with van der Waals surface area (Å²) in [6, 6.07) is 9.79. The summed E-state index contributed by atoms with van der Waals surface area (Å²) in [5.41, 5.74) is 1.61. The number of aromatic hydroxyl groups is 1. The second kappa shape index (κ2) is 9.27. The van der Waals surface area contributed by atoms with Crippen molar-refractivity contribution in [3.63, 3.8) is 0 Å². The molecule has 2 amide bonds. The number of hydrogen-bond acceptors (Lipinski definition) is 7. The van der Waals surface area contributed by atoms with E-state index in [1.165, 1.54) is 6.92 Å². The second-order valence-electron chi connectivity index (χ2n) is 7.86. The fraction of sp³-hybridized carbons (Fsp3) is 0.348. The Morgan fingerprint density at radius 3 is 2.31 bits per heavy atom. The largest absolute Gasteiger partial charge is 0.508 e. The average Bonchev–Trinajstić information content (AvgIpc) is 3.22. The normalized spacial score (nSPS) is 15.5. The van der Waals surface area contributed by atoms with Crippen LogP contribution in [0.1, 0.15) is 22.8 Å². The summed E-state index contributed by atoms with van der Waals surface area (Å²) in [7, 11) is 0. The van der Waals surface area contributed by atoms with Crippen LogP contribution in [0.2, 0.25) is 0 Å². The van der Waals surface area contributed by atoms with E-state index in [9.17, 15) is 19.5 Å². The van der Waals surface area contributed by atoms with Gasteiger partial charge in [0.25, 0.3) is 0 Å². The zero-order valence-corrected chi connectivity index (χ0v) is 17.8. The zero-order valence-electron chi connectivity index (χ0n) is 17.8. The summed E-state index contributed by atoms with van der Waals surface area (Å²) < 4.78 is 10.6. The van der Waals surface area contributed by atoms with Crippen molar-refractivity contribution in [1.29, 1.82) is 0 Å². The van der Waals surface area contributed by atoms with Gasteiger partial charge in [-0.2, -0.15) is 0 Å². The fourth-order valence-electron chi connectivity index (χ4n) is 3.79. The molecular weight excluding hydrogens is 414 g/mol. The molecular formula is C23H25N3O6. The lowest BCUT2D eigenvalue weighted by Gasteiger charge is -2.34. The van der Waals surface area contributed by atoms with Gasteiger partial charge in [0.05, 0.1) is 18.7 Å². The fourth-order valence-corrected chi connectivity index (χ4v) is 3.79. The third-order valence-corrected chi connectivity index (χ3v) is 5.55. The molecule has 0 atom stereocenters. The maximum absolute atomic E-state index is 12.6. The third kappa shape index (κ3) is 5.00. The van der Waals surface area contributed by atoms with Crippen molar-refractivity contribution in [3.05, 3.63) is 47.5 Å². The van der Waals surface area contributed by atoms with E-state index in [2.05, 4.69) is 5.32 Å². The Balaban J connectivity index is 1.29. The summed E-state index contributed by atoms with van der Waals surface area (Å²) in [4.78, 5) is 40.9. The number of phenols is 1. The predicted octanol–water partition coefficient (Wildman–Crippen LogP) is 1.65. The van der Waals surface area contributed by atoms with Crippen LogP contribution in [0.25, 0.3) is 0 Å². The van der Waals surface area contributed by atoms with Crippen molar-refractivity contribution in [2.45, 2.75) is 13.3 Å². The lowest BCUT2D eigenvalue weighted by molar-refractivity contribution is -0.132. The minimum Gasteiger partial charge on any atom is -0.508 e. The molecule has 2 heterocycles. The van der Waals surface area contributed by atoms with Gasteiger partial charge in [0.15, 0.2) is 17.3 Å². The van der Waals surface area contributed by atoms with Crippen LogP contribution in [-0.4, -0.2) is 72.0 Å². The Morgan fingerprint density at radius 1 is 1.00 bits per heavy atom. The number of piperazine rings is 1. The lowest BCUT2D eigenvalue weighted by Crippen LogP contribution is -2.50. The van der Waals surface area contributed by atoms with Crippen LogP contribution in [0.4, 0.5) is 5.69 Å². The number of ketones is 1. The van der Waals surface area contributed by atoms with Gasteiger partial charge in [0, 0.05) is 37.8 Å². The number of benzene rings is 2. The number of nitrogens with one attached hydrogen (secondary N) is 1. The van der Waals surface area contributed by atoms with Crippen LogP contribution in [0, 0.1) is 0 Å². The van der Waals surface area contributed by atoms with Crippen molar-refractivity contribution in [2.75, 3.05) is 44.8 Å². The molecule has 2 aromatic rings. The van der Waals surface area contributed by atoms with E-state index < -0.39 is 0 Å². The van der Waals surface area contributed by atoms with E-state index in [0.29, 0.717) is 48.9 Å². The number of ether oxygens (including phenoxy) is 2. The number of nitrogens with zero attached hydrogens (tertiary/aromatic N) is 2. The van der Waals surface area contributed by atoms with Crippen LogP contribution >= 0.6 is 0 Å². The molecule has 0 radical (unpaired) electrons. The lowest BCUT2D eigenvalue weighted by atomic mass is 10.1. The Kier molecular flexibility index (Phi) is 6.27. The molecule has 2 aliphatic rings. The summed E-state index contributed by atoms with van der Waals surface area (Å²) in [6.07, 6.45) is 0.276. The molecule has 0 unspecified atom stereocenters. The number of phenolic OH excluding ortho intramolecular Hbond substituents is 1. The van der Waals surface area contributed by atoms with Crippen LogP contribution in [-0.2, 0) is 16.0 Å². The van der Waals surface area contributed by atoms with Crippen LogP contribution in [0.15, 0.2) is 36.4 Å². The Morgan fingerprint density at radius 2 is 1.66 bits per heavy atom. The van der Waals surface area contributed by atoms with Gasteiger partial charge < -0.3 is 24.8 Å². The molecule has 2 aliphatic heterocycles. The molecule has 2 aromatic carbocycles. The second-order valence-corrected chi connectivity index (χ2v) is 7.86. The highest BCUT2D eigenvalue weighted by Crippen LogP contribution is 2.37. The van der Waals surface area contributed by atoms with E-state index in [-0.39, 0.29) is 43.1 Å². The topological polar surface area (TPSA) is 108 Å². The highest BCUT2D eigenvalue weighted by Gasteiger charge is 2.24. The third-order valence-electron chi connectivity index (χ3n) is 5.55. The molecule has 32 heavy (non-hydrogen) atoms. The monoisotopic (exact) mass is 439 g/mol. The molecule has 0 aromatic heterocycles. The smallest absolute Gasteiger partial charge is 0.238 e. The van der Waals surface area contributed by atoms with Gasteiger partial charge in [-0.15, -0.1) is 0 Å². The van der Waals surface area contributed by atoms with Gasteiger partial charge in [-0.1, -0.05) is 12.1 Å². The Bertz CT molecular complexity index is 1030. The minimum atomic E-state index is -0.241. The molecule has 0 aliphatic carbocycles. The molecule has 9 heteroatoms. The quantitative estimate of drug-likeness (QED) is 0.659. The first-order valence-electron chi connectivity index (χ1n) is 10.4. The SMILES string of the molecule is CC(=O)c1cc2c(cc1NC(=O)CN1CCN(C(=O)Cc3ccc(O)cc3)CC1)OCO2. The van der Waals surface area contributed by atoms with E-state index >= 15 is 0 Å². The van der Waals surface area contributed by atoms with E-state index in [4.69, 9.17) is 9.47 Å². The number of Topliss-reactive ketones (excluding diaryl/α,β-unsaturated/α-hetero) is 1. The van der Waals surface area contributed by atoms with Crippen molar-refractivity contribution in [1.82, 2.24) is 9.80 Å². The van der Waals surface area contributed by atoms with E-state index in [0.717, 1.165) is 5.56 Å². The van der Waals surface area contributed by atoms with Gasteiger partial charge in [-0.25, -0.2) is 0 Å². The molecule has 168 valence electrons. The number of amides is 2. The van der Waals surface area contributed by atoms with Gasteiger partial charge >= 0.3 is 0 Å². The molecule has 1 fully saturated rings. The molecule has 0 saturated carbocycles. The van der Waals surface area contributed by atoms with Crippen molar-refractivity contribution >= 4 is 23.3 Å². The van der Waals surface area contributed by atoms with Gasteiger partial charge in [0.1, 0.15) is 5.75 Å². The number of carbonyl (C=O) groups excluding carboxylic acids is 3. The first kappa shape index (κ1) is 21.6. The molecule has 9 nitrogen and oxygen atoms in total. The summed E-state index contributed by atoms with van der Waals surface area (Å²) in [6.45, 7) is 3.90.